The number of hydrogen-bond acceptors (Lipinski definition) is 3. The van der Waals surface area contributed by atoms with E-state index in [0.29, 0.717) is 0 Å². The maximum absolute atomic E-state index is 4.52. The van der Waals surface area contributed by atoms with Crippen LogP contribution in [0.25, 0.3) is 0 Å². The minimum Gasteiger partial charge on any atom is -0.308 e. The number of rotatable bonds is 6. The van der Waals surface area contributed by atoms with E-state index in [1.807, 2.05) is 12.3 Å². The van der Waals surface area contributed by atoms with Crippen LogP contribution in [-0.4, -0.2) is 11.5 Å². The lowest BCUT2D eigenvalue weighted by Crippen LogP contribution is -2.24. The average molecular weight is 404 g/mol. The second-order valence-corrected chi connectivity index (χ2v) is 7.07. The van der Waals surface area contributed by atoms with Crippen molar-refractivity contribution in [3.63, 3.8) is 0 Å². The van der Waals surface area contributed by atoms with Gasteiger partial charge in [0, 0.05) is 26.4 Å². The Hall–Kier alpha value is -0.230. The Morgan fingerprint density at radius 2 is 2.16 bits per heavy atom. The van der Waals surface area contributed by atoms with Gasteiger partial charge in [-0.3, -0.25) is 4.98 Å². The summed E-state index contributed by atoms with van der Waals surface area (Å²) in [5.41, 5.74) is 1.09. The Kier molecular flexibility index (Phi) is 6.01. The Morgan fingerprint density at radius 3 is 2.74 bits per heavy atom. The van der Waals surface area contributed by atoms with Crippen LogP contribution in [0.5, 0.6) is 0 Å². The molecule has 0 saturated heterocycles. The Morgan fingerprint density at radius 1 is 1.32 bits per heavy atom. The van der Waals surface area contributed by atoms with Gasteiger partial charge < -0.3 is 5.32 Å². The fraction of sp³-hybridized carbons (Fsp3) is 0.357. The van der Waals surface area contributed by atoms with Gasteiger partial charge in [0.1, 0.15) is 0 Å². The summed E-state index contributed by atoms with van der Waals surface area (Å²) in [5, 5.41) is 5.70. The highest BCUT2D eigenvalue weighted by atomic mass is 79.9. The van der Waals surface area contributed by atoms with E-state index in [0.717, 1.165) is 29.6 Å². The van der Waals surface area contributed by atoms with Gasteiger partial charge in [-0.2, -0.15) is 0 Å². The molecule has 0 radical (unpaired) electrons. The van der Waals surface area contributed by atoms with Crippen molar-refractivity contribution in [3.05, 3.63) is 49.3 Å². The number of nitrogens with one attached hydrogen (secondary N) is 1. The van der Waals surface area contributed by atoms with Crippen molar-refractivity contribution in [2.24, 2.45) is 0 Å². The van der Waals surface area contributed by atoms with Crippen LogP contribution in [0.3, 0.4) is 0 Å². The molecule has 0 aliphatic rings. The molecular formula is C14H16Br2N2S. The van der Waals surface area contributed by atoms with Crippen molar-refractivity contribution in [1.82, 2.24) is 10.3 Å². The summed E-state index contributed by atoms with van der Waals surface area (Å²) in [6, 6.07) is 6.50. The monoisotopic (exact) mass is 402 g/mol. The van der Waals surface area contributed by atoms with Crippen LogP contribution < -0.4 is 5.32 Å². The number of aromatic nitrogens is 1. The molecule has 2 rings (SSSR count). The molecule has 1 N–H and O–H groups in total. The zero-order chi connectivity index (χ0) is 13.7. The number of hydrogen-bond donors (Lipinski definition) is 1. The van der Waals surface area contributed by atoms with Gasteiger partial charge in [-0.1, -0.05) is 6.92 Å². The Bertz CT molecular complexity index is 510. The second-order valence-electron chi connectivity index (χ2n) is 4.30. The zero-order valence-corrected chi connectivity index (χ0v) is 14.7. The third-order valence-corrected chi connectivity index (χ3v) is 5.25. The Balaban J connectivity index is 2.15. The molecule has 0 spiro atoms. The highest BCUT2D eigenvalue weighted by Gasteiger charge is 2.15. The third-order valence-electron chi connectivity index (χ3n) is 2.83. The normalized spacial score (nSPS) is 12.6. The predicted molar refractivity (Wildman–Crippen MR) is 88.7 cm³/mol. The highest BCUT2D eigenvalue weighted by Crippen LogP contribution is 2.28. The van der Waals surface area contributed by atoms with Crippen LogP contribution in [0.15, 0.2) is 38.7 Å². The molecule has 0 bridgehead atoms. The van der Waals surface area contributed by atoms with Crippen molar-refractivity contribution in [3.8, 4) is 0 Å². The van der Waals surface area contributed by atoms with Crippen LogP contribution in [0.4, 0.5) is 0 Å². The summed E-state index contributed by atoms with van der Waals surface area (Å²) in [7, 11) is 0. The smallest absolute Gasteiger partial charge is 0.0577 e. The lowest BCUT2D eigenvalue weighted by atomic mass is 10.1. The molecule has 5 heteroatoms. The van der Waals surface area contributed by atoms with Crippen molar-refractivity contribution < 1.29 is 0 Å². The van der Waals surface area contributed by atoms with Crippen molar-refractivity contribution in [2.75, 3.05) is 6.54 Å². The van der Waals surface area contributed by atoms with Gasteiger partial charge >= 0.3 is 0 Å². The van der Waals surface area contributed by atoms with Gasteiger partial charge in [0.2, 0.25) is 0 Å². The van der Waals surface area contributed by atoms with Crippen LogP contribution in [-0.2, 0) is 6.42 Å². The van der Waals surface area contributed by atoms with E-state index in [9.17, 15) is 0 Å². The minimum absolute atomic E-state index is 0.267. The molecule has 0 amide bonds. The number of pyridine rings is 1. The van der Waals surface area contributed by atoms with Crippen molar-refractivity contribution in [1.29, 1.82) is 0 Å². The molecule has 0 fully saturated rings. The van der Waals surface area contributed by atoms with Crippen molar-refractivity contribution in [2.45, 2.75) is 25.8 Å². The summed E-state index contributed by atoms with van der Waals surface area (Å²) in [6.07, 6.45) is 3.95. The van der Waals surface area contributed by atoms with Gasteiger partial charge in [0.05, 0.1) is 11.7 Å². The molecule has 2 aromatic heterocycles. The standard InChI is InChI=1S/C14H16Br2N2S/c1-2-6-17-13(8-14-11(16)5-7-19-14)12-4-3-10(15)9-18-12/h3-5,7,9,13,17H,2,6,8H2,1H3. The summed E-state index contributed by atoms with van der Waals surface area (Å²) < 4.78 is 2.21. The molecule has 0 saturated carbocycles. The lowest BCUT2D eigenvalue weighted by Gasteiger charge is -2.17. The van der Waals surface area contributed by atoms with Gasteiger partial charge in [0.15, 0.2) is 0 Å². The zero-order valence-electron chi connectivity index (χ0n) is 10.7. The maximum Gasteiger partial charge on any atom is 0.0577 e. The minimum atomic E-state index is 0.267. The summed E-state index contributed by atoms with van der Waals surface area (Å²) in [5.74, 6) is 0. The van der Waals surface area contributed by atoms with Crippen LogP contribution in [0.1, 0.15) is 30.0 Å². The largest absolute Gasteiger partial charge is 0.308 e. The van der Waals surface area contributed by atoms with E-state index in [4.69, 9.17) is 0 Å². The van der Waals surface area contributed by atoms with E-state index >= 15 is 0 Å². The number of nitrogens with zero attached hydrogens (tertiary/aromatic N) is 1. The quantitative estimate of drug-likeness (QED) is 0.737. The molecular weight excluding hydrogens is 388 g/mol. The van der Waals surface area contributed by atoms with Gasteiger partial charge in [0.25, 0.3) is 0 Å². The van der Waals surface area contributed by atoms with E-state index in [1.165, 1.54) is 9.35 Å². The van der Waals surface area contributed by atoms with Crippen LogP contribution in [0, 0.1) is 0 Å². The first-order valence-electron chi connectivity index (χ1n) is 6.27. The van der Waals surface area contributed by atoms with Gasteiger partial charge in [-0.05, 0) is 68.4 Å². The molecule has 2 nitrogen and oxygen atoms in total. The molecule has 0 aliphatic heterocycles. The second kappa shape index (κ2) is 7.53. The first-order valence-corrected chi connectivity index (χ1v) is 8.74. The van der Waals surface area contributed by atoms with E-state index in [2.05, 4.69) is 66.6 Å². The molecule has 102 valence electrons. The molecule has 0 aromatic carbocycles. The van der Waals surface area contributed by atoms with Gasteiger partial charge in [-0.15, -0.1) is 11.3 Å². The molecule has 19 heavy (non-hydrogen) atoms. The molecule has 1 unspecified atom stereocenters. The fourth-order valence-electron chi connectivity index (χ4n) is 1.85. The van der Waals surface area contributed by atoms with E-state index in [1.54, 1.807) is 11.3 Å². The van der Waals surface area contributed by atoms with E-state index < -0.39 is 0 Å². The lowest BCUT2D eigenvalue weighted by molar-refractivity contribution is 0.520. The molecule has 0 aliphatic carbocycles. The Labute approximate surface area is 134 Å². The average Bonchev–Trinajstić information content (AvgIpc) is 2.81. The molecule has 2 aromatic rings. The van der Waals surface area contributed by atoms with Gasteiger partial charge in [-0.25, -0.2) is 0 Å². The predicted octanol–water partition coefficient (Wildman–Crippen LogP) is 4.95. The third kappa shape index (κ3) is 4.38. The highest BCUT2D eigenvalue weighted by molar-refractivity contribution is 9.10. The maximum atomic E-state index is 4.52. The van der Waals surface area contributed by atoms with Crippen LogP contribution in [0.2, 0.25) is 0 Å². The SMILES string of the molecule is CCCNC(Cc1sccc1Br)c1ccc(Br)cn1. The topological polar surface area (TPSA) is 24.9 Å². The number of thiophene rings is 1. The molecule has 1 atom stereocenters. The fourth-order valence-corrected chi connectivity index (χ4v) is 3.65. The molecule has 2 heterocycles. The number of halogens is 2. The summed E-state index contributed by atoms with van der Waals surface area (Å²) in [4.78, 5) is 5.88. The first-order chi connectivity index (χ1) is 9.20. The van der Waals surface area contributed by atoms with Crippen molar-refractivity contribution >= 4 is 43.2 Å². The summed E-state index contributed by atoms with van der Waals surface area (Å²) in [6.45, 7) is 3.19. The van der Waals surface area contributed by atoms with Crippen LogP contribution >= 0.6 is 43.2 Å². The first kappa shape index (κ1) is 15.2. The van der Waals surface area contributed by atoms with E-state index in [-0.39, 0.29) is 6.04 Å². The summed E-state index contributed by atoms with van der Waals surface area (Å²) >= 11 is 8.82.